The number of aromatic nitrogens is 2. The summed E-state index contributed by atoms with van der Waals surface area (Å²) in [7, 11) is 5.52. The Balaban J connectivity index is 1.17. The van der Waals surface area contributed by atoms with Crippen LogP contribution in [0.3, 0.4) is 0 Å². The van der Waals surface area contributed by atoms with Gasteiger partial charge in [0.1, 0.15) is 17.5 Å². The number of hydroxylamine groups is 1. The molecule has 2 saturated carbocycles. The van der Waals surface area contributed by atoms with Crippen molar-refractivity contribution >= 4 is 35.0 Å². The number of methoxy groups -OCH3 is 1. The van der Waals surface area contributed by atoms with E-state index in [1.54, 1.807) is 43.5 Å². The fraction of sp³-hybridized carbons (Fsp3) is 0.613. The van der Waals surface area contributed by atoms with Crippen LogP contribution < -0.4 is 25.3 Å². The molecule has 0 bridgehead atoms. The summed E-state index contributed by atoms with van der Waals surface area (Å²) in [6.07, 6.45) is 8.73. The highest BCUT2D eigenvalue weighted by Crippen LogP contribution is 2.45. The molecule has 1 unspecified atom stereocenters. The average Bonchev–Trinajstić information content (AvgIpc) is 3.69. The van der Waals surface area contributed by atoms with Gasteiger partial charge in [0.2, 0.25) is 11.9 Å². The van der Waals surface area contributed by atoms with Crippen LogP contribution in [0.4, 0.5) is 23.1 Å². The Morgan fingerprint density at radius 1 is 1.14 bits per heavy atom. The molecule has 2 amide bonds. The van der Waals surface area contributed by atoms with Crippen LogP contribution >= 0.6 is 0 Å². The van der Waals surface area contributed by atoms with Crippen LogP contribution in [-0.4, -0.2) is 78.7 Å². The van der Waals surface area contributed by atoms with Crippen LogP contribution in [0.1, 0.15) is 69.2 Å². The van der Waals surface area contributed by atoms with Crippen molar-refractivity contribution in [3.8, 4) is 5.75 Å². The Labute approximate surface area is 247 Å². The van der Waals surface area contributed by atoms with Gasteiger partial charge in [-0.2, -0.15) is 4.98 Å². The summed E-state index contributed by atoms with van der Waals surface area (Å²) in [5, 5.41) is 3.27. The lowest BCUT2D eigenvalue weighted by molar-refractivity contribution is -0.120. The molecule has 1 aromatic heterocycles. The van der Waals surface area contributed by atoms with Crippen molar-refractivity contribution in [2.24, 2.45) is 11.8 Å². The van der Waals surface area contributed by atoms with Crippen molar-refractivity contribution in [3.63, 3.8) is 0 Å². The smallest absolute Gasteiger partial charge is 0.274 e. The van der Waals surface area contributed by atoms with E-state index in [-0.39, 0.29) is 29.5 Å². The van der Waals surface area contributed by atoms with Gasteiger partial charge in [-0.1, -0.05) is 19.8 Å². The highest BCUT2D eigenvalue weighted by atomic mass is 16.7. The third-order valence-corrected chi connectivity index (χ3v) is 9.66. The lowest BCUT2D eigenvalue weighted by atomic mass is 10.0. The van der Waals surface area contributed by atoms with Gasteiger partial charge in [0.15, 0.2) is 5.82 Å². The predicted molar refractivity (Wildman–Crippen MR) is 161 cm³/mol. The lowest BCUT2D eigenvalue weighted by Crippen LogP contribution is -2.55. The second-order valence-corrected chi connectivity index (χ2v) is 12.7. The van der Waals surface area contributed by atoms with E-state index in [9.17, 15) is 9.59 Å². The minimum Gasteiger partial charge on any atom is -0.495 e. The van der Waals surface area contributed by atoms with Crippen molar-refractivity contribution < 1.29 is 19.2 Å². The number of carbonyl (C=O) groups excluding carboxylic acids is 2. The number of likely N-dealkylation sites (N-methyl/N-ethyl adjacent to an activating group) is 1. The Bertz CT molecular complexity index is 1330. The predicted octanol–water partition coefficient (Wildman–Crippen LogP) is 4.12. The number of nitrogens with zero attached hydrogens (tertiary/aromatic N) is 5. The molecule has 0 spiro atoms. The molecular weight excluding hydrogens is 534 g/mol. The van der Waals surface area contributed by atoms with Gasteiger partial charge in [-0.05, 0) is 76.1 Å². The minimum absolute atomic E-state index is 0.0816. The standard InChI is InChI=1S/C31H43N7O4/c1-6-24-29(40)37(4)25-16-32-30(34-27(25)38(24)22-9-7-8-10-22)33-23-12-11-19(13-26(23)41-5)28(39)35-42-31(2)14-20-17-36(3)18-21(20)15-31/h11-13,16,20-22,24H,6-10,14-15,17-18H2,1-5H3,(H,35,39)(H,32,33,34)/t20-,21+,24-,31?/m1/s1. The first kappa shape index (κ1) is 28.7. The number of ether oxygens (including phenoxy) is 1. The molecule has 11 heteroatoms. The maximum atomic E-state index is 13.2. The zero-order valence-corrected chi connectivity index (χ0v) is 25.4. The number of nitrogens with one attached hydrogen (secondary N) is 2. The first-order chi connectivity index (χ1) is 20.2. The van der Waals surface area contributed by atoms with E-state index in [1.807, 2.05) is 0 Å². The molecule has 2 aromatic rings. The van der Waals surface area contributed by atoms with Gasteiger partial charge < -0.3 is 24.8 Å². The van der Waals surface area contributed by atoms with E-state index in [0.29, 0.717) is 46.9 Å². The third kappa shape index (κ3) is 5.28. The largest absolute Gasteiger partial charge is 0.495 e. The Morgan fingerprint density at radius 2 is 1.86 bits per heavy atom. The van der Waals surface area contributed by atoms with Crippen molar-refractivity contribution in [2.75, 3.05) is 49.4 Å². The molecule has 2 N–H and O–H groups in total. The third-order valence-electron chi connectivity index (χ3n) is 9.66. The van der Waals surface area contributed by atoms with Crippen molar-refractivity contribution in [3.05, 3.63) is 30.0 Å². The number of hydrogen-bond acceptors (Lipinski definition) is 9. The second kappa shape index (κ2) is 11.3. The number of rotatable bonds is 8. The van der Waals surface area contributed by atoms with E-state index < -0.39 is 0 Å². The fourth-order valence-corrected chi connectivity index (χ4v) is 7.64. The van der Waals surface area contributed by atoms with Crippen LogP contribution in [0.15, 0.2) is 24.4 Å². The summed E-state index contributed by atoms with van der Waals surface area (Å²) in [6, 6.07) is 5.25. The molecule has 2 aliphatic carbocycles. The van der Waals surface area contributed by atoms with Gasteiger partial charge in [0.05, 0.1) is 24.6 Å². The number of hydrogen-bond donors (Lipinski definition) is 2. The number of carbonyl (C=O) groups is 2. The molecule has 2 aliphatic heterocycles. The van der Waals surface area contributed by atoms with Crippen LogP contribution in [0.2, 0.25) is 0 Å². The molecule has 4 aliphatic rings. The molecule has 4 atom stereocenters. The zero-order chi connectivity index (χ0) is 29.6. The van der Waals surface area contributed by atoms with Gasteiger partial charge >= 0.3 is 0 Å². The number of likely N-dealkylation sites (tertiary alicyclic amines) is 1. The molecule has 6 rings (SSSR count). The summed E-state index contributed by atoms with van der Waals surface area (Å²) >= 11 is 0. The molecular formula is C31H43N7O4. The fourth-order valence-electron chi connectivity index (χ4n) is 7.64. The van der Waals surface area contributed by atoms with Gasteiger partial charge in [0, 0.05) is 31.7 Å². The van der Waals surface area contributed by atoms with Crippen molar-refractivity contribution in [1.82, 2.24) is 20.3 Å². The Hall–Kier alpha value is -3.44. The molecule has 3 heterocycles. The van der Waals surface area contributed by atoms with E-state index in [4.69, 9.17) is 14.6 Å². The molecule has 3 fully saturated rings. The summed E-state index contributed by atoms with van der Waals surface area (Å²) in [5.74, 6) is 2.67. The van der Waals surface area contributed by atoms with Crippen molar-refractivity contribution in [2.45, 2.75) is 76.5 Å². The minimum atomic E-state index is -0.358. The zero-order valence-electron chi connectivity index (χ0n) is 25.4. The summed E-state index contributed by atoms with van der Waals surface area (Å²) in [5.41, 5.74) is 4.12. The maximum absolute atomic E-state index is 13.2. The molecule has 1 saturated heterocycles. The topological polar surface area (TPSA) is 112 Å². The first-order valence-corrected chi connectivity index (χ1v) is 15.2. The van der Waals surface area contributed by atoms with E-state index in [0.717, 1.165) is 57.4 Å². The quantitative estimate of drug-likeness (QED) is 0.448. The summed E-state index contributed by atoms with van der Waals surface area (Å²) in [6.45, 7) is 6.31. The normalized spacial score (nSPS) is 27.7. The van der Waals surface area contributed by atoms with Gasteiger partial charge in [-0.15, -0.1) is 0 Å². The molecule has 0 radical (unpaired) electrons. The highest BCUT2D eigenvalue weighted by molar-refractivity contribution is 6.04. The van der Waals surface area contributed by atoms with Gasteiger partial charge in [-0.3, -0.25) is 14.4 Å². The molecule has 42 heavy (non-hydrogen) atoms. The highest BCUT2D eigenvalue weighted by Gasteiger charge is 2.47. The Kier molecular flexibility index (Phi) is 7.74. The first-order valence-electron chi connectivity index (χ1n) is 15.2. The van der Waals surface area contributed by atoms with Gasteiger partial charge in [0.25, 0.3) is 5.91 Å². The van der Waals surface area contributed by atoms with E-state index >= 15 is 0 Å². The number of fused-ring (bicyclic) bond motifs is 2. The van der Waals surface area contributed by atoms with E-state index in [2.05, 4.69) is 46.5 Å². The SMILES string of the molecule is CC[C@@H]1C(=O)N(C)c2cnc(Nc3ccc(C(=O)NOC4(C)C[C@H]5CN(C)C[C@H]5C4)cc3OC)nc2N1C1CCCC1. The van der Waals surface area contributed by atoms with Crippen LogP contribution in [0.5, 0.6) is 5.75 Å². The number of benzene rings is 1. The average molecular weight is 578 g/mol. The van der Waals surface area contributed by atoms with Crippen LogP contribution in [0, 0.1) is 11.8 Å². The monoisotopic (exact) mass is 577 g/mol. The molecule has 226 valence electrons. The van der Waals surface area contributed by atoms with Crippen LogP contribution in [0.25, 0.3) is 0 Å². The molecule has 11 nitrogen and oxygen atoms in total. The summed E-state index contributed by atoms with van der Waals surface area (Å²) < 4.78 is 5.64. The summed E-state index contributed by atoms with van der Waals surface area (Å²) in [4.78, 5) is 47.9. The maximum Gasteiger partial charge on any atom is 0.274 e. The Morgan fingerprint density at radius 3 is 2.52 bits per heavy atom. The van der Waals surface area contributed by atoms with Gasteiger partial charge in [-0.25, -0.2) is 10.5 Å². The number of amides is 2. The lowest BCUT2D eigenvalue weighted by Gasteiger charge is -2.43. The second-order valence-electron chi connectivity index (χ2n) is 12.7. The van der Waals surface area contributed by atoms with Crippen LogP contribution in [-0.2, 0) is 9.63 Å². The molecule has 1 aromatic carbocycles. The van der Waals surface area contributed by atoms with E-state index in [1.165, 1.54) is 0 Å². The van der Waals surface area contributed by atoms with Crippen molar-refractivity contribution in [1.29, 1.82) is 0 Å². The number of anilines is 4.